The number of nitrogens with zero attached hydrogens (tertiary/aromatic N) is 1. The summed E-state index contributed by atoms with van der Waals surface area (Å²) >= 11 is 0. The molecule has 122 valence electrons. The van der Waals surface area contributed by atoms with E-state index in [1.165, 1.54) is 6.20 Å². The Kier molecular flexibility index (Phi) is 5.75. The molecule has 2 aromatic carbocycles. The van der Waals surface area contributed by atoms with Gasteiger partial charge in [-0.15, -0.1) is 0 Å². The van der Waals surface area contributed by atoms with Gasteiger partial charge in [-0.25, -0.2) is 0 Å². The molecule has 4 nitrogen and oxygen atoms in total. The highest BCUT2D eigenvalue weighted by Gasteiger charge is 2.11. The Hall–Kier alpha value is -3.06. The third-order valence-electron chi connectivity index (χ3n) is 4.02. The van der Waals surface area contributed by atoms with Crippen LogP contribution >= 0.6 is 0 Å². The molecule has 2 rings (SSSR count). The van der Waals surface area contributed by atoms with Gasteiger partial charge in [0.15, 0.2) is 0 Å². The summed E-state index contributed by atoms with van der Waals surface area (Å²) in [5.41, 5.74) is 5.14. The molecule has 4 heteroatoms. The minimum Gasteiger partial charge on any atom is -0.386 e. The zero-order chi connectivity index (χ0) is 17.5. The van der Waals surface area contributed by atoms with Crippen molar-refractivity contribution in [3.05, 3.63) is 76.5 Å². The Morgan fingerprint density at radius 1 is 1.08 bits per heavy atom. The second-order valence-corrected chi connectivity index (χ2v) is 5.68. The third kappa shape index (κ3) is 4.23. The molecule has 0 saturated carbocycles. The molecule has 0 unspecified atom stereocenters. The second kappa shape index (κ2) is 7.98. The number of nitriles is 1. The van der Waals surface area contributed by atoms with Crippen molar-refractivity contribution in [1.82, 2.24) is 5.32 Å². The second-order valence-electron chi connectivity index (χ2n) is 5.68. The van der Waals surface area contributed by atoms with E-state index in [9.17, 15) is 10.1 Å². The molecule has 1 amide bonds. The Labute approximate surface area is 142 Å². The number of aryl methyl sites for hydroxylation is 2. The minimum absolute atomic E-state index is 0.0458. The summed E-state index contributed by atoms with van der Waals surface area (Å²) in [6, 6.07) is 15.6. The molecule has 2 aromatic rings. The van der Waals surface area contributed by atoms with Gasteiger partial charge < -0.3 is 10.6 Å². The van der Waals surface area contributed by atoms with Gasteiger partial charge in [0.05, 0.1) is 0 Å². The van der Waals surface area contributed by atoms with Crippen LogP contribution in [0.1, 0.15) is 22.3 Å². The predicted octanol–water partition coefficient (Wildman–Crippen LogP) is 3.75. The fourth-order valence-electron chi connectivity index (χ4n) is 2.30. The summed E-state index contributed by atoms with van der Waals surface area (Å²) in [6.45, 7) is 6.51. The zero-order valence-corrected chi connectivity index (χ0v) is 14.2. The maximum atomic E-state index is 12.3. The van der Waals surface area contributed by atoms with Crippen molar-refractivity contribution in [3.63, 3.8) is 0 Å². The molecule has 0 bridgehead atoms. The molecular formula is C20H21N3O. The molecule has 0 saturated heterocycles. The number of anilines is 1. The molecule has 0 aliphatic carbocycles. The Morgan fingerprint density at radius 3 is 2.50 bits per heavy atom. The number of carbonyl (C=O) groups excluding carboxylic acids is 1. The van der Waals surface area contributed by atoms with E-state index in [-0.39, 0.29) is 5.57 Å². The summed E-state index contributed by atoms with van der Waals surface area (Å²) in [7, 11) is 0. The zero-order valence-electron chi connectivity index (χ0n) is 14.2. The van der Waals surface area contributed by atoms with Gasteiger partial charge in [0.1, 0.15) is 11.6 Å². The highest BCUT2D eigenvalue weighted by atomic mass is 16.1. The van der Waals surface area contributed by atoms with E-state index in [1.54, 1.807) is 0 Å². The number of amides is 1. The van der Waals surface area contributed by atoms with Crippen molar-refractivity contribution in [2.75, 3.05) is 5.32 Å². The average molecular weight is 319 g/mol. The Balaban J connectivity index is 2.05. The molecule has 0 fully saturated rings. The van der Waals surface area contributed by atoms with Crippen LogP contribution < -0.4 is 10.6 Å². The monoisotopic (exact) mass is 319 g/mol. The van der Waals surface area contributed by atoms with Gasteiger partial charge in [0.2, 0.25) is 0 Å². The molecule has 0 radical (unpaired) electrons. The van der Waals surface area contributed by atoms with E-state index in [4.69, 9.17) is 0 Å². The maximum absolute atomic E-state index is 12.3. The molecule has 0 spiro atoms. The first-order valence-electron chi connectivity index (χ1n) is 7.78. The normalized spacial score (nSPS) is 10.8. The van der Waals surface area contributed by atoms with Crippen LogP contribution in [0.3, 0.4) is 0 Å². The molecule has 0 aliphatic rings. The third-order valence-corrected chi connectivity index (χ3v) is 4.02. The SMILES string of the molecule is Cc1ccccc1CN/C=C(/C#N)C(=O)Nc1cccc(C)c1C. The molecular weight excluding hydrogens is 298 g/mol. The fourth-order valence-corrected chi connectivity index (χ4v) is 2.30. The highest BCUT2D eigenvalue weighted by molar-refractivity contribution is 6.06. The van der Waals surface area contributed by atoms with Crippen LogP contribution in [0.2, 0.25) is 0 Å². The molecule has 0 aliphatic heterocycles. The van der Waals surface area contributed by atoms with Crippen molar-refractivity contribution < 1.29 is 4.79 Å². The van der Waals surface area contributed by atoms with Gasteiger partial charge in [0, 0.05) is 18.4 Å². The van der Waals surface area contributed by atoms with Gasteiger partial charge in [-0.2, -0.15) is 5.26 Å². The van der Waals surface area contributed by atoms with Gasteiger partial charge in [0.25, 0.3) is 5.91 Å². The maximum Gasteiger partial charge on any atom is 0.267 e. The quantitative estimate of drug-likeness (QED) is 0.651. The van der Waals surface area contributed by atoms with Gasteiger partial charge in [-0.1, -0.05) is 36.4 Å². The van der Waals surface area contributed by atoms with E-state index < -0.39 is 5.91 Å². The smallest absolute Gasteiger partial charge is 0.267 e. The number of hydrogen-bond donors (Lipinski definition) is 2. The van der Waals surface area contributed by atoms with Gasteiger partial charge >= 0.3 is 0 Å². The van der Waals surface area contributed by atoms with Crippen LogP contribution in [0.5, 0.6) is 0 Å². The lowest BCUT2D eigenvalue weighted by Crippen LogP contribution is -2.17. The number of hydrogen-bond acceptors (Lipinski definition) is 3. The Morgan fingerprint density at radius 2 is 1.79 bits per heavy atom. The van der Waals surface area contributed by atoms with Crippen LogP contribution in [-0.4, -0.2) is 5.91 Å². The van der Waals surface area contributed by atoms with Crippen LogP contribution in [0.15, 0.2) is 54.2 Å². The molecule has 24 heavy (non-hydrogen) atoms. The van der Waals surface area contributed by atoms with Crippen LogP contribution in [-0.2, 0) is 11.3 Å². The van der Waals surface area contributed by atoms with E-state index in [0.29, 0.717) is 6.54 Å². The van der Waals surface area contributed by atoms with Crippen molar-refractivity contribution in [3.8, 4) is 6.07 Å². The van der Waals surface area contributed by atoms with Crippen molar-refractivity contribution >= 4 is 11.6 Å². The van der Waals surface area contributed by atoms with Gasteiger partial charge in [-0.05, 0) is 49.1 Å². The van der Waals surface area contributed by atoms with E-state index in [2.05, 4.69) is 10.6 Å². The average Bonchev–Trinajstić information content (AvgIpc) is 2.57. The van der Waals surface area contributed by atoms with Crippen LogP contribution in [0.25, 0.3) is 0 Å². The van der Waals surface area contributed by atoms with Crippen molar-refractivity contribution in [1.29, 1.82) is 5.26 Å². The summed E-state index contributed by atoms with van der Waals surface area (Å²) in [4.78, 5) is 12.3. The first-order valence-corrected chi connectivity index (χ1v) is 7.78. The van der Waals surface area contributed by atoms with Crippen molar-refractivity contribution in [2.24, 2.45) is 0 Å². The van der Waals surface area contributed by atoms with E-state index >= 15 is 0 Å². The number of nitrogens with one attached hydrogen (secondary N) is 2. The summed E-state index contributed by atoms with van der Waals surface area (Å²) in [5, 5.41) is 15.1. The summed E-state index contributed by atoms with van der Waals surface area (Å²) < 4.78 is 0. The topological polar surface area (TPSA) is 64.9 Å². The number of rotatable bonds is 5. The Bertz CT molecular complexity index is 816. The lowest BCUT2D eigenvalue weighted by molar-refractivity contribution is -0.112. The standard InChI is InChI=1S/C20H21N3O/c1-14-8-6-10-19(16(14)3)23-20(24)18(11-21)13-22-12-17-9-5-4-7-15(17)2/h4-10,13,22H,12H2,1-3H3,(H,23,24)/b18-13-. The number of benzene rings is 2. The summed E-state index contributed by atoms with van der Waals surface area (Å²) in [6.07, 6.45) is 1.47. The van der Waals surface area contributed by atoms with Gasteiger partial charge in [-0.3, -0.25) is 4.79 Å². The fraction of sp³-hybridized carbons (Fsp3) is 0.200. The molecule has 2 N–H and O–H groups in total. The molecule has 0 heterocycles. The van der Waals surface area contributed by atoms with E-state index in [1.807, 2.05) is 69.3 Å². The van der Waals surface area contributed by atoms with Crippen LogP contribution in [0, 0.1) is 32.1 Å². The minimum atomic E-state index is -0.413. The largest absolute Gasteiger partial charge is 0.386 e. The number of carbonyl (C=O) groups is 1. The first kappa shape index (κ1) is 17.3. The lowest BCUT2D eigenvalue weighted by atomic mass is 10.1. The van der Waals surface area contributed by atoms with Crippen LogP contribution in [0.4, 0.5) is 5.69 Å². The highest BCUT2D eigenvalue weighted by Crippen LogP contribution is 2.18. The van der Waals surface area contributed by atoms with E-state index in [0.717, 1.165) is 27.9 Å². The lowest BCUT2D eigenvalue weighted by Gasteiger charge is -2.10. The summed E-state index contributed by atoms with van der Waals surface area (Å²) in [5.74, 6) is -0.413. The predicted molar refractivity (Wildman–Crippen MR) is 96.3 cm³/mol. The molecule has 0 atom stereocenters. The van der Waals surface area contributed by atoms with Crippen molar-refractivity contribution in [2.45, 2.75) is 27.3 Å². The first-order chi connectivity index (χ1) is 11.5. The molecule has 0 aromatic heterocycles.